The Kier molecular flexibility index (Phi) is 3.81. The standard InChI is InChI=1S/C12H12BrNO3/c1-8-6-14-12(17-8)9-3-4-10(13)11(5-9)16-7-15-2/h3-6H,7H2,1-2H3. The first-order valence-corrected chi connectivity index (χ1v) is 5.84. The first kappa shape index (κ1) is 12.1. The maximum Gasteiger partial charge on any atom is 0.226 e. The van der Waals surface area contributed by atoms with Gasteiger partial charge in [-0.2, -0.15) is 0 Å². The lowest BCUT2D eigenvalue weighted by atomic mass is 10.2. The van der Waals surface area contributed by atoms with Crippen molar-refractivity contribution >= 4 is 15.9 Å². The molecule has 1 aromatic heterocycles. The van der Waals surface area contributed by atoms with Crippen molar-refractivity contribution in [2.24, 2.45) is 0 Å². The van der Waals surface area contributed by atoms with Crippen LogP contribution in [0, 0.1) is 6.92 Å². The van der Waals surface area contributed by atoms with Crippen molar-refractivity contribution in [2.75, 3.05) is 13.9 Å². The Morgan fingerprint density at radius 3 is 2.88 bits per heavy atom. The van der Waals surface area contributed by atoms with Crippen molar-refractivity contribution in [1.29, 1.82) is 0 Å². The molecule has 0 saturated heterocycles. The van der Waals surface area contributed by atoms with Crippen molar-refractivity contribution in [3.05, 3.63) is 34.6 Å². The van der Waals surface area contributed by atoms with Crippen LogP contribution in [-0.2, 0) is 4.74 Å². The van der Waals surface area contributed by atoms with Gasteiger partial charge in [0.15, 0.2) is 6.79 Å². The van der Waals surface area contributed by atoms with Crippen molar-refractivity contribution in [3.63, 3.8) is 0 Å². The lowest BCUT2D eigenvalue weighted by Gasteiger charge is -2.07. The van der Waals surface area contributed by atoms with E-state index in [1.54, 1.807) is 13.3 Å². The van der Waals surface area contributed by atoms with E-state index in [0.717, 1.165) is 15.8 Å². The highest BCUT2D eigenvalue weighted by Gasteiger charge is 2.08. The fourth-order valence-electron chi connectivity index (χ4n) is 1.36. The van der Waals surface area contributed by atoms with E-state index in [4.69, 9.17) is 13.9 Å². The van der Waals surface area contributed by atoms with Gasteiger partial charge in [0.2, 0.25) is 5.89 Å². The minimum atomic E-state index is 0.201. The summed E-state index contributed by atoms with van der Waals surface area (Å²) < 4.78 is 16.6. The van der Waals surface area contributed by atoms with Crippen LogP contribution in [0.5, 0.6) is 5.75 Å². The van der Waals surface area contributed by atoms with Gasteiger partial charge in [0.1, 0.15) is 11.5 Å². The molecular weight excluding hydrogens is 286 g/mol. The first-order valence-electron chi connectivity index (χ1n) is 5.05. The Morgan fingerprint density at radius 2 is 2.24 bits per heavy atom. The van der Waals surface area contributed by atoms with Gasteiger partial charge in [-0.05, 0) is 41.1 Å². The Bertz CT molecular complexity index is 510. The van der Waals surface area contributed by atoms with Gasteiger partial charge in [-0.25, -0.2) is 4.98 Å². The Hall–Kier alpha value is -1.33. The van der Waals surface area contributed by atoms with Crippen LogP contribution in [0.15, 0.2) is 33.3 Å². The molecule has 0 spiro atoms. The van der Waals surface area contributed by atoms with Gasteiger partial charge >= 0.3 is 0 Å². The molecule has 2 rings (SSSR count). The summed E-state index contributed by atoms with van der Waals surface area (Å²) in [5.41, 5.74) is 0.868. The van der Waals surface area contributed by atoms with E-state index in [1.807, 2.05) is 25.1 Å². The van der Waals surface area contributed by atoms with Gasteiger partial charge in [0, 0.05) is 12.7 Å². The number of hydrogen-bond acceptors (Lipinski definition) is 4. The summed E-state index contributed by atoms with van der Waals surface area (Å²) in [4.78, 5) is 4.17. The van der Waals surface area contributed by atoms with Crippen LogP contribution in [0.4, 0.5) is 0 Å². The molecule has 0 bridgehead atoms. The quantitative estimate of drug-likeness (QED) is 0.812. The molecule has 0 radical (unpaired) electrons. The van der Waals surface area contributed by atoms with Gasteiger partial charge in [-0.3, -0.25) is 0 Å². The second kappa shape index (κ2) is 5.33. The molecule has 0 N–H and O–H groups in total. The summed E-state index contributed by atoms with van der Waals surface area (Å²) in [7, 11) is 1.58. The number of halogens is 1. The topological polar surface area (TPSA) is 44.5 Å². The normalized spacial score (nSPS) is 10.5. The van der Waals surface area contributed by atoms with Gasteiger partial charge < -0.3 is 13.9 Å². The molecule has 1 aromatic carbocycles. The number of nitrogens with zero attached hydrogens (tertiary/aromatic N) is 1. The fourth-order valence-corrected chi connectivity index (χ4v) is 1.72. The number of methoxy groups -OCH3 is 1. The molecule has 0 aliphatic rings. The highest BCUT2D eigenvalue weighted by atomic mass is 79.9. The molecule has 17 heavy (non-hydrogen) atoms. The van der Waals surface area contributed by atoms with Crippen LogP contribution in [-0.4, -0.2) is 18.9 Å². The summed E-state index contributed by atoms with van der Waals surface area (Å²) in [6.07, 6.45) is 1.69. The molecule has 0 saturated carbocycles. The Balaban J connectivity index is 2.30. The summed E-state index contributed by atoms with van der Waals surface area (Å²) in [6.45, 7) is 2.06. The van der Waals surface area contributed by atoms with Crippen LogP contribution >= 0.6 is 15.9 Å². The average Bonchev–Trinajstić information content (AvgIpc) is 2.75. The number of oxazole rings is 1. The zero-order valence-corrected chi connectivity index (χ0v) is 11.2. The molecule has 0 aliphatic carbocycles. The first-order chi connectivity index (χ1) is 8.20. The number of rotatable bonds is 4. The highest BCUT2D eigenvalue weighted by Crippen LogP contribution is 2.30. The smallest absolute Gasteiger partial charge is 0.226 e. The van der Waals surface area contributed by atoms with Crippen LogP contribution < -0.4 is 4.74 Å². The van der Waals surface area contributed by atoms with E-state index in [2.05, 4.69) is 20.9 Å². The lowest BCUT2D eigenvalue weighted by Crippen LogP contribution is -1.99. The third-order valence-corrected chi connectivity index (χ3v) is 2.79. The number of aromatic nitrogens is 1. The van der Waals surface area contributed by atoms with Crippen LogP contribution in [0.2, 0.25) is 0 Å². The van der Waals surface area contributed by atoms with Crippen LogP contribution in [0.3, 0.4) is 0 Å². The SMILES string of the molecule is COCOc1cc(-c2ncc(C)o2)ccc1Br. The Morgan fingerprint density at radius 1 is 1.41 bits per heavy atom. The second-order valence-electron chi connectivity index (χ2n) is 3.47. The van der Waals surface area contributed by atoms with E-state index in [-0.39, 0.29) is 6.79 Å². The number of ether oxygens (including phenoxy) is 2. The minimum Gasteiger partial charge on any atom is -0.466 e. The van der Waals surface area contributed by atoms with Crippen LogP contribution in [0.1, 0.15) is 5.76 Å². The third-order valence-electron chi connectivity index (χ3n) is 2.13. The van der Waals surface area contributed by atoms with E-state index in [1.165, 1.54) is 0 Å². The summed E-state index contributed by atoms with van der Waals surface area (Å²) in [5, 5.41) is 0. The van der Waals surface area contributed by atoms with Gasteiger partial charge in [-0.1, -0.05) is 0 Å². The maximum absolute atomic E-state index is 5.46. The van der Waals surface area contributed by atoms with Crippen molar-refractivity contribution < 1.29 is 13.9 Å². The summed E-state index contributed by atoms with van der Waals surface area (Å²) in [6, 6.07) is 5.66. The maximum atomic E-state index is 5.46. The molecule has 90 valence electrons. The van der Waals surface area contributed by atoms with E-state index >= 15 is 0 Å². The number of aryl methyl sites for hydroxylation is 1. The lowest BCUT2D eigenvalue weighted by molar-refractivity contribution is 0.0506. The van der Waals surface area contributed by atoms with Crippen LogP contribution in [0.25, 0.3) is 11.5 Å². The molecule has 0 unspecified atom stereocenters. The van der Waals surface area contributed by atoms with Crippen molar-refractivity contribution in [3.8, 4) is 17.2 Å². The van der Waals surface area contributed by atoms with Crippen molar-refractivity contribution in [1.82, 2.24) is 4.98 Å². The highest BCUT2D eigenvalue weighted by molar-refractivity contribution is 9.10. The molecular formula is C12H12BrNO3. The predicted molar refractivity (Wildman–Crippen MR) is 66.9 cm³/mol. The number of hydrogen-bond donors (Lipinski definition) is 0. The molecule has 1 heterocycles. The molecule has 5 heteroatoms. The van der Waals surface area contributed by atoms with Gasteiger partial charge in [-0.15, -0.1) is 0 Å². The largest absolute Gasteiger partial charge is 0.466 e. The minimum absolute atomic E-state index is 0.201. The average molecular weight is 298 g/mol. The zero-order chi connectivity index (χ0) is 12.3. The predicted octanol–water partition coefficient (Wildman–Crippen LogP) is 3.40. The van der Waals surface area contributed by atoms with Gasteiger partial charge in [0.05, 0.1) is 10.7 Å². The Labute approximate surface area is 108 Å². The zero-order valence-electron chi connectivity index (χ0n) is 9.57. The second-order valence-corrected chi connectivity index (χ2v) is 4.33. The fraction of sp³-hybridized carbons (Fsp3) is 0.250. The molecule has 0 atom stereocenters. The van der Waals surface area contributed by atoms with Crippen molar-refractivity contribution in [2.45, 2.75) is 6.92 Å². The summed E-state index contributed by atoms with van der Waals surface area (Å²) in [5.74, 6) is 2.06. The molecule has 2 aromatic rings. The molecule has 4 nitrogen and oxygen atoms in total. The molecule has 0 amide bonds. The third kappa shape index (κ3) is 2.87. The molecule has 0 fully saturated rings. The van der Waals surface area contributed by atoms with E-state index in [9.17, 15) is 0 Å². The monoisotopic (exact) mass is 297 g/mol. The van der Waals surface area contributed by atoms with E-state index in [0.29, 0.717) is 11.6 Å². The van der Waals surface area contributed by atoms with Gasteiger partial charge in [0.25, 0.3) is 0 Å². The van der Waals surface area contributed by atoms with E-state index < -0.39 is 0 Å². The molecule has 0 aliphatic heterocycles. The number of benzene rings is 1. The summed E-state index contributed by atoms with van der Waals surface area (Å²) >= 11 is 3.41.